The van der Waals surface area contributed by atoms with Gasteiger partial charge in [-0.1, -0.05) is 0 Å². The molecule has 0 atom stereocenters. The third-order valence-corrected chi connectivity index (χ3v) is 0. The summed E-state index contributed by atoms with van der Waals surface area (Å²) in [6.45, 7) is 0. The summed E-state index contributed by atoms with van der Waals surface area (Å²) in [6.07, 6.45) is 2.32. The topological polar surface area (TPSA) is 109 Å². The summed E-state index contributed by atoms with van der Waals surface area (Å²) < 4.78 is 50.8. The van der Waals surface area contributed by atoms with Crippen LogP contribution in [0.15, 0.2) is 0 Å². The molecule has 8 heteroatoms. The van der Waals surface area contributed by atoms with Crippen molar-refractivity contribution in [2.75, 3.05) is 12.5 Å². The SMILES string of the molecule is CS(C)(=O)=O.O=S(=O)(O)O. The van der Waals surface area contributed by atoms with Crippen LogP contribution in [-0.2, 0) is 20.2 Å². The van der Waals surface area contributed by atoms with Gasteiger partial charge in [-0.05, 0) is 0 Å². The number of rotatable bonds is 0. The van der Waals surface area contributed by atoms with E-state index >= 15 is 0 Å². The lowest BCUT2D eigenvalue weighted by Gasteiger charge is -1.69. The molecule has 0 heterocycles. The Labute approximate surface area is 59.4 Å². The molecule has 0 aliphatic rings. The molecule has 64 valence electrons. The predicted octanol–water partition coefficient (Wildman–Crippen LogP) is -0.992. The van der Waals surface area contributed by atoms with Crippen molar-refractivity contribution in [3.8, 4) is 0 Å². The maximum Gasteiger partial charge on any atom is 0.394 e. The molecule has 0 saturated carbocycles. The van der Waals surface area contributed by atoms with E-state index in [0.29, 0.717) is 0 Å². The molecular formula is C2H8O6S2. The molecule has 2 N–H and O–H groups in total. The van der Waals surface area contributed by atoms with Crippen molar-refractivity contribution in [3.05, 3.63) is 0 Å². The zero-order valence-corrected chi connectivity index (χ0v) is 6.98. The van der Waals surface area contributed by atoms with Crippen LogP contribution in [0.4, 0.5) is 0 Å². The van der Waals surface area contributed by atoms with Gasteiger partial charge in [0.2, 0.25) is 0 Å². The summed E-state index contributed by atoms with van der Waals surface area (Å²) >= 11 is 0. The second-order valence-electron chi connectivity index (χ2n) is 1.59. The molecule has 0 amide bonds. The Morgan fingerprint density at radius 2 is 0.900 bits per heavy atom. The fourth-order valence-electron chi connectivity index (χ4n) is 0. The lowest BCUT2D eigenvalue weighted by Crippen LogP contribution is -1.89. The first kappa shape index (κ1) is 12.5. The molecule has 0 bridgehead atoms. The van der Waals surface area contributed by atoms with Crippen molar-refractivity contribution < 1.29 is 25.9 Å². The minimum atomic E-state index is -4.67. The largest absolute Gasteiger partial charge is 0.394 e. The first-order valence-corrected chi connectivity index (χ1v) is 5.54. The fraction of sp³-hybridized carbons (Fsp3) is 1.00. The quantitative estimate of drug-likeness (QED) is 0.477. The van der Waals surface area contributed by atoms with E-state index in [1.807, 2.05) is 0 Å². The van der Waals surface area contributed by atoms with Crippen LogP contribution in [0.2, 0.25) is 0 Å². The molecule has 6 nitrogen and oxygen atoms in total. The highest BCUT2D eigenvalue weighted by Crippen LogP contribution is 1.61. The van der Waals surface area contributed by atoms with Gasteiger partial charge in [-0.3, -0.25) is 9.11 Å². The first-order chi connectivity index (χ1) is 4.00. The van der Waals surface area contributed by atoms with E-state index in [0.717, 1.165) is 12.5 Å². The van der Waals surface area contributed by atoms with Crippen molar-refractivity contribution in [1.29, 1.82) is 0 Å². The average Bonchev–Trinajstić information content (AvgIpc) is 1.12. The summed E-state index contributed by atoms with van der Waals surface area (Å²) in [5.41, 5.74) is 0. The average molecular weight is 192 g/mol. The van der Waals surface area contributed by atoms with Gasteiger partial charge in [-0.2, -0.15) is 8.42 Å². The Morgan fingerprint density at radius 3 is 0.900 bits per heavy atom. The molecule has 0 saturated heterocycles. The van der Waals surface area contributed by atoms with E-state index in [9.17, 15) is 8.42 Å². The maximum atomic E-state index is 9.63. The van der Waals surface area contributed by atoms with Crippen LogP contribution in [-0.4, -0.2) is 38.5 Å². The molecule has 10 heavy (non-hydrogen) atoms. The lowest BCUT2D eigenvalue weighted by atomic mass is 11.9. The molecule has 0 spiro atoms. The Bertz CT molecular complexity index is 210. The van der Waals surface area contributed by atoms with E-state index in [1.54, 1.807) is 0 Å². The number of hydrogen-bond acceptors (Lipinski definition) is 4. The summed E-state index contributed by atoms with van der Waals surface area (Å²) in [5, 5.41) is 0. The lowest BCUT2D eigenvalue weighted by molar-refractivity contribution is 0.381. The zero-order chi connectivity index (χ0) is 9.00. The molecule has 0 radical (unpaired) electrons. The van der Waals surface area contributed by atoms with Gasteiger partial charge in [0, 0.05) is 12.5 Å². The van der Waals surface area contributed by atoms with Gasteiger partial charge in [0.05, 0.1) is 0 Å². The summed E-state index contributed by atoms with van der Waals surface area (Å²) in [4.78, 5) is 0. The van der Waals surface area contributed by atoms with Crippen molar-refractivity contribution >= 4 is 20.2 Å². The van der Waals surface area contributed by atoms with Crippen LogP contribution in [0.1, 0.15) is 0 Å². The van der Waals surface area contributed by atoms with E-state index < -0.39 is 20.2 Å². The van der Waals surface area contributed by atoms with Gasteiger partial charge in [-0.25, -0.2) is 8.42 Å². The standard InChI is InChI=1S/C2H6O2S.H2O4S/c2*1-5(2,3)4/h1-2H3;(H2,1,2,3,4). The van der Waals surface area contributed by atoms with Gasteiger partial charge in [-0.15, -0.1) is 0 Å². The smallest absolute Gasteiger partial charge is 0.264 e. The number of hydrogen-bond donors (Lipinski definition) is 2. The Balaban J connectivity index is 0. The summed E-state index contributed by atoms with van der Waals surface area (Å²) in [6, 6.07) is 0. The molecule has 0 aliphatic carbocycles. The van der Waals surface area contributed by atoms with Crippen molar-refractivity contribution in [3.63, 3.8) is 0 Å². The second-order valence-corrected chi connectivity index (χ2v) is 4.77. The summed E-state index contributed by atoms with van der Waals surface area (Å²) in [5.74, 6) is 0. The highest BCUT2D eigenvalue weighted by atomic mass is 32.3. The molecule has 0 rings (SSSR count). The Morgan fingerprint density at radius 1 is 0.900 bits per heavy atom. The predicted molar refractivity (Wildman–Crippen MR) is 34.9 cm³/mol. The van der Waals surface area contributed by atoms with E-state index in [2.05, 4.69) is 0 Å². The molecule has 0 aliphatic heterocycles. The molecule has 0 aromatic rings. The van der Waals surface area contributed by atoms with Crippen LogP contribution in [0.25, 0.3) is 0 Å². The van der Waals surface area contributed by atoms with Gasteiger partial charge in [0.25, 0.3) is 0 Å². The van der Waals surface area contributed by atoms with Gasteiger partial charge >= 0.3 is 10.4 Å². The normalized spacial score (nSPS) is 11.6. The van der Waals surface area contributed by atoms with Gasteiger partial charge in [0.1, 0.15) is 9.84 Å². The second kappa shape index (κ2) is 3.86. The molecule has 0 unspecified atom stereocenters. The minimum Gasteiger partial charge on any atom is -0.264 e. The third kappa shape index (κ3) is 11200. The highest BCUT2D eigenvalue weighted by molar-refractivity contribution is 7.89. The first-order valence-electron chi connectivity index (χ1n) is 1.85. The zero-order valence-electron chi connectivity index (χ0n) is 5.34. The van der Waals surface area contributed by atoms with Gasteiger partial charge in [0.15, 0.2) is 0 Å². The molecule has 0 aromatic carbocycles. The van der Waals surface area contributed by atoms with Crippen LogP contribution >= 0.6 is 0 Å². The molecule has 0 fully saturated rings. The monoisotopic (exact) mass is 192 g/mol. The molecule has 0 aromatic heterocycles. The highest BCUT2D eigenvalue weighted by Gasteiger charge is 1.84. The Kier molecular flexibility index (Phi) is 4.82. The summed E-state index contributed by atoms with van der Waals surface area (Å²) in [7, 11) is -7.33. The molecular weight excluding hydrogens is 184 g/mol. The van der Waals surface area contributed by atoms with Gasteiger partial charge < -0.3 is 0 Å². The van der Waals surface area contributed by atoms with Crippen molar-refractivity contribution in [2.24, 2.45) is 0 Å². The van der Waals surface area contributed by atoms with Crippen molar-refractivity contribution in [1.82, 2.24) is 0 Å². The minimum absolute atomic E-state index is 1.16. The third-order valence-electron chi connectivity index (χ3n) is 0. The number of sulfone groups is 1. The van der Waals surface area contributed by atoms with E-state index in [-0.39, 0.29) is 0 Å². The maximum absolute atomic E-state index is 9.63. The fourth-order valence-corrected chi connectivity index (χ4v) is 0. The Hall–Kier alpha value is -0.180. The van der Waals surface area contributed by atoms with Crippen LogP contribution < -0.4 is 0 Å². The van der Waals surface area contributed by atoms with Crippen LogP contribution in [0, 0.1) is 0 Å². The van der Waals surface area contributed by atoms with E-state index in [1.165, 1.54) is 0 Å². The van der Waals surface area contributed by atoms with E-state index in [4.69, 9.17) is 17.5 Å². The van der Waals surface area contributed by atoms with Crippen LogP contribution in [0.3, 0.4) is 0 Å². The van der Waals surface area contributed by atoms with Crippen LogP contribution in [0.5, 0.6) is 0 Å². The van der Waals surface area contributed by atoms with Crippen molar-refractivity contribution in [2.45, 2.75) is 0 Å².